The summed E-state index contributed by atoms with van der Waals surface area (Å²) in [4.78, 5) is 2.39. The minimum atomic E-state index is 0.234. The molecule has 0 saturated carbocycles. The van der Waals surface area contributed by atoms with Crippen molar-refractivity contribution >= 4 is 11.6 Å². The van der Waals surface area contributed by atoms with Gasteiger partial charge in [-0.15, -0.1) is 0 Å². The molecule has 1 aromatic carbocycles. The molecular formula is C16H25ClN2O. The molecule has 0 saturated heterocycles. The minimum Gasteiger partial charge on any atom is -0.488 e. The van der Waals surface area contributed by atoms with Crippen molar-refractivity contribution in [3.05, 3.63) is 28.8 Å². The van der Waals surface area contributed by atoms with Crippen LogP contribution in [0.25, 0.3) is 0 Å². The molecule has 0 fully saturated rings. The largest absolute Gasteiger partial charge is 0.488 e. The smallest absolute Gasteiger partial charge is 0.123 e. The number of nitrogens with zero attached hydrogens (tertiary/aromatic N) is 1. The highest BCUT2D eigenvalue weighted by atomic mass is 35.5. The fourth-order valence-electron chi connectivity index (χ4n) is 2.45. The number of benzene rings is 1. The molecule has 2 unspecified atom stereocenters. The third-order valence-electron chi connectivity index (χ3n) is 4.12. The van der Waals surface area contributed by atoms with E-state index in [2.05, 4.69) is 31.1 Å². The Kier molecular flexibility index (Phi) is 5.70. The highest BCUT2D eigenvalue weighted by Crippen LogP contribution is 2.30. The summed E-state index contributed by atoms with van der Waals surface area (Å²) in [5.41, 5.74) is 1.22. The van der Waals surface area contributed by atoms with Crippen LogP contribution in [0.1, 0.15) is 25.8 Å². The molecule has 0 radical (unpaired) electrons. The van der Waals surface area contributed by atoms with Crippen LogP contribution in [0.15, 0.2) is 18.2 Å². The number of rotatable bonds is 7. The topological polar surface area (TPSA) is 24.5 Å². The number of hydrogen-bond acceptors (Lipinski definition) is 3. The van der Waals surface area contributed by atoms with Crippen LogP contribution < -0.4 is 10.1 Å². The van der Waals surface area contributed by atoms with Crippen LogP contribution in [0.2, 0.25) is 5.02 Å². The molecule has 1 aliphatic rings. The summed E-state index contributed by atoms with van der Waals surface area (Å²) in [5.74, 6) is 0.984. The zero-order valence-corrected chi connectivity index (χ0v) is 13.4. The van der Waals surface area contributed by atoms with Gasteiger partial charge in [-0.1, -0.05) is 18.5 Å². The van der Waals surface area contributed by atoms with E-state index in [0.717, 1.165) is 36.8 Å². The Bertz CT molecular complexity index is 438. The normalized spacial score (nSPS) is 18.9. The molecule has 0 spiro atoms. The maximum absolute atomic E-state index is 6.00. The molecule has 1 N–H and O–H groups in total. The summed E-state index contributed by atoms with van der Waals surface area (Å²) >= 11 is 6.00. The molecule has 0 aromatic heterocycles. The van der Waals surface area contributed by atoms with Crippen molar-refractivity contribution in [2.75, 3.05) is 26.7 Å². The van der Waals surface area contributed by atoms with Gasteiger partial charge in [-0.3, -0.25) is 0 Å². The summed E-state index contributed by atoms with van der Waals surface area (Å²) in [6, 6.07) is 6.50. The van der Waals surface area contributed by atoms with Crippen LogP contribution in [0, 0.1) is 0 Å². The van der Waals surface area contributed by atoms with Crippen molar-refractivity contribution in [3.8, 4) is 5.75 Å². The second kappa shape index (κ2) is 7.30. The van der Waals surface area contributed by atoms with Gasteiger partial charge in [0.25, 0.3) is 0 Å². The summed E-state index contributed by atoms with van der Waals surface area (Å²) in [5, 5.41) is 4.28. The van der Waals surface area contributed by atoms with Gasteiger partial charge in [-0.05, 0) is 44.2 Å². The Hall–Kier alpha value is -0.770. The molecule has 1 aromatic rings. The standard InChI is InChI=1S/C16H25ClN2O/c1-4-12(2)19(3)8-7-18-11-15-10-13-9-14(17)5-6-16(13)20-15/h5-6,9,12,15,18H,4,7-8,10-11H2,1-3H3. The van der Waals surface area contributed by atoms with Gasteiger partial charge in [0.1, 0.15) is 11.9 Å². The molecule has 0 bridgehead atoms. The monoisotopic (exact) mass is 296 g/mol. The van der Waals surface area contributed by atoms with Crippen molar-refractivity contribution in [2.24, 2.45) is 0 Å². The van der Waals surface area contributed by atoms with Crippen LogP contribution in [-0.2, 0) is 6.42 Å². The number of hydrogen-bond donors (Lipinski definition) is 1. The first-order valence-electron chi connectivity index (χ1n) is 7.46. The van der Waals surface area contributed by atoms with Crippen LogP contribution >= 0.6 is 11.6 Å². The number of fused-ring (bicyclic) bond motifs is 1. The minimum absolute atomic E-state index is 0.234. The van der Waals surface area contributed by atoms with Crippen LogP contribution in [0.5, 0.6) is 5.75 Å². The van der Waals surface area contributed by atoms with E-state index in [0.29, 0.717) is 6.04 Å². The molecule has 1 aliphatic heterocycles. The lowest BCUT2D eigenvalue weighted by atomic mass is 10.1. The molecule has 1 heterocycles. The third-order valence-corrected chi connectivity index (χ3v) is 4.36. The van der Waals surface area contributed by atoms with E-state index in [1.54, 1.807) is 0 Å². The van der Waals surface area contributed by atoms with E-state index in [9.17, 15) is 0 Å². The Balaban J connectivity index is 1.67. The van der Waals surface area contributed by atoms with Gasteiger partial charge in [-0.25, -0.2) is 0 Å². The van der Waals surface area contributed by atoms with Gasteiger partial charge >= 0.3 is 0 Å². The van der Waals surface area contributed by atoms with Gasteiger partial charge in [0.2, 0.25) is 0 Å². The van der Waals surface area contributed by atoms with E-state index in [4.69, 9.17) is 16.3 Å². The molecule has 0 aliphatic carbocycles. The Morgan fingerprint density at radius 2 is 2.30 bits per heavy atom. The molecule has 3 nitrogen and oxygen atoms in total. The van der Waals surface area contributed by atoms with Crippen LogP contribution in [0.4, 0.5) is 0 Å². The van der Waals surface area contributed by atoms with E-state index < -0.39 is 0 Å². The first kappa shape index (κ1) is 15.6. The first-order chi connectivity index (χ1) is 9.60. The molecule has 0 amide bonds. The molecular weight excluding hydrogens is 272 g/mol. The SMILES string of the molecule is CCC(C)N(C)CCNCC1Cc2cc(Cl)ccc2O1. The lowest BCUT2D eigenvalue weighted by Gasteiger charge is -2.23. The Morgan fingerprint density at radius 3 is 3.05 bits per heavy atom. The van der Waals surface area contributed by atoms with Gasteiger partial charge in [0, 0.05) is 37.1 Å². The third kappa shape index (κ3) is 4.11. The van der Waals surface area contributed by atoms with E-state index >= 15 is 0 Å². The molecule has 20 heavy (non-hydrogen) atoms. The van der Waals surface area contributed by atoms with Gasteiger partial charge in [-0.2, -0.15) is 0 Å². The first-order valence-corrected chi connectivity index (χ1v) is 7.84. The van der Waals surface area contributed by atoms with E-state index in [1.165, 1.54) is 12.0 Å². The van der Waals surface area contributed by atoms with Crippen molar-refractivity contribution in [1.82, 2.24) is 10.2 Å². The average molecular weight is 297 g/mol. The zero-order chi connectivity index (χ0) is 14.5. The Morgan fingerprint density at radius 1 is 1.50 bits per heavy atom. The van der Waals surface area contributed by atoms with Crippen molar-refractivity contribution < 1.29 is 4.74 Å². The molecule has 112 valence electrons. The fourth-order valence-corrected chi connectivity index (χ4v) is 2.65. The number of ether oxygens (including phenoxy) is 1. The summed E-state index contributed by atoms with van der Waals surface area (Å²) < 4.78 is 5.90. The highest BCUT2D eigenvalue weighted by Gasteiger charge is 2.22. The average Bonchev–Trinajstić information content (AvgIpc) is 2.84. The lowest BCUT2D eigenvalue weighted by molar-refractivity contribution is 0.216. The van der Waals surface area contributed by atoms with E-state index in [-0.39, 0.29) is 6.10 Å². The summed E-state index contributed by atoms with van der Waals surface area (Å²) in [7, 11) is 2.18. The quantitative estimate of drug-likeness (QED) is 0.783. The van der Waals surface area contributed by atoms with Crippen molar-refractivity contribution in [1.29, 1.82) is 0 Å². The van der Waals surface area contributed by atoms with Crippen LogP contribution in [-0.4, -0.2) is 43.7 Å². The predicted octanol–water partition coefficient (Wildman–Crippen LogP) is 2.96. The zero-order valence-electron chi connectivity index (χ0n) is 12.7. The maximum atomic E-state index is 6.00. The van der Waals surface area contributed by atoms with Crippen molar-refractivity contribution in [2.45, 2.75) is 38.8 Å². The predicted molar refractivity (Wildman–Crippen MR) is 84.8 cm³/mol. The molecule has 4 heteroatoms. The Labute approximate surface area is 127 Å². The van der Waals surface area contributed by atoms with Gasteiger partial charge in [0.05, 0.1) is 0 Å². The highest BCUT2D eigenvalue weighted by molar-refractivity contribution is 6.30. The number of halogens is 1. The fraction of sp³-hybridized carbons (Fsp3) is 0.625. The van der Waals surface area contributed by atoms with Gasteiger partial charge in [0.15, 0.2) is 0 Å². The van der Waals surface area contributed by atoms with Crippen LogP contribution in [0.3, 0.4) is 0 Å². The van der Waals surface area contributed by atoms with E-state index in [1.807, 2.05) is 18.2 Å². The lowest BCUT2D eigenvalue weighted by Crippen LogP contribution is -2.38. The van der Waals surface area contributed by atoms with Gasteiger partial charge < -0.3 is 15.0 Å². The molecule has 2 rings (SSSR count). The van der Waals surface area contributed by atoms with Crippen molar-refractivity contribution in [3.63, 3.8) is 0 Å². The second-order valence-electron chi connectivity index (χ2n) is 5.64. The number of nitrogens with one attached hydrogen (secondary N) is 1. The summed E-state index contributed by atoms with van der Waals surface area (Å²) in [6.45, 7) is 7.45. The second-order valence-corrected chi connectivity index (χ2v) is 6.07. The number of likely N-dealkylation sites (N-methyl/N-ethyl adjacent to an activating group) is 1. The summed E-state index contributed by atoms with van der Waals surface area (Å²) in [6.07, 6.45) is 2.37. The maximum Gasteiger partial charge on any atom is 0.123 e. The molecule has 2 atom stereocenters.